The van der Waals surface area contributed by atoms with Crippen molar-refractivity contribution in [1.29, 1.82) is 0 Å². The summed E-state index contributed by atoms with van der Waals surface area (Å²) in [5, 5.41) is 9.72. The van der Waals surface area contributed by atoms with Crippen LogP contribution in [0.5, 0.6) is 0 Å². The lowest BCUT2D eigenvalue weighted by molar-refractivity contribution is -0.00697. The first-order chi connectivity index (χ1) is 11.1. The maximum atomic E-state index is 12.6. The summed E-state index contributed by atoms with van der Waals surface area (Å²) in [7, 11) is 0. The van der Waals surface area contributed by atoms with E-state index in [1.807, 2.05) is 27.7 Å². The SMILES string of the molecule is CCCCC(OC(=O)c1cc(CC)c(Cl)cc1C(=O)O)C(C)(C)C. The number of esters is 1. The minimum absolute atomic E-state index is 0.0644. The number of hydrogen-bond donors (Lipinski definition) is 1. The molecule has 0 saturated heterocycles. The Balaban J connectivity index is 3.18. The van der Waals surface area contributed by atoms with E-state index >= 15 is 0 Å². The molecule has 1 unspecified atom stereocenters. The summed E-state index contributed by atoms with van der Waals surface area (Å²) in [5.41, 5.74) is 0.461. The summed E-state index contributed by atoms with van der Waals surface area (Å²) in [6.45, 7) is 10.0. The van der Waals surface area contributed by atoms with Crippen LogP contribution in [0.4, 0.5) is 0 Å². The highest BCUT2D eigenvalue weighted by Crippen LogP contribution is 2.29. The van der Waals surface area contributed by atoms with Gasteiger partial charge in [0.05, 0.1) is 11.1 Å². The number of unbranched alkanes of at least 4 members (excludes halogenated alkanes) is 1. The van der Waals surface area contributed by atoms with E-state index in [1.165, 1.54) is 12.1 Å². The Morgan fingerprint density at radius 1 is 1.21 bits per heavy atom. The Labute approximate surface area is 149 Å². The quantitative estimate of drug-likeness (QED) is 0.669. The average molecular weight is 355 g/mol. The Bertz CT molecular complexity index is 602. The molecule has 24 heavy (non-hydrogen) atoms. The maximum Gasteiger partial charge on any atom is 0.339 e. The van der Waals surface area contributed by atoms with Crippen molar-refractivity contribution in [2.75, 3.05) is 0 Å². The number of hydrogen-bond acceptors (Lipinski definition) is 3. The van der Waals surface area contributed by atoms with Crippen molar-refractivity contribution >= 4 is 23.5 Å². The van der Waals surface area contributed by atoms with Gasteiger partial charge >= 0.3 is 11.9 Å². The van der Waals surface area contributed by atoms with Crippen LogP contribution in [0.15, 0.2) is 12.1 Å². The van der Waals surface area contributed by atoms with Crippen molar-refractivity contribution in [3.05, 3.63) is 33.8 Å². The molecule has 0 fully saturated rings. The lowest BCUT2D eigenvalue weighted by Crippen LogP contribution is -2.32. The van der Waals surface area contributed by atoms with Crippen LogP contribution in [0.25, 0.3) is 0 Å². The molecule has 0 radical (unpaired) electrons. The van der Waals surface area contributed by atoms with Gasteiger partial charge in [-0.15, -0.1) is 0 Å². The summed E-state index contributed by atoms with van der Waals surface area (Å²) in [6.07, 6.45) is 3.04. The molecule has 0 aliphatic heterocycles. The van der Waals surface area contributed by atoms with Crippen LogP contribution >= 0.6 is 11.6 Å². The number of carbonyl (C=O) groups is 2. The molecule has 0 heterocycles. The Hall–Kier alpha value is -1.55. The molecule has 0 spiro atoms. The topological polar surface area (TPSA) is 63.6 Å². The van der Waals surface area contributed by atoms with Crippen LogP contribution in [0.1, 0.15) is 80.2 Å². The van der Waals surface area contributed by atoms with Gasteiger partial charge in [-0.3, -0.25) is 0 Å². The van der Waals surface area contributed by atoms with Gasteiger partial charge in [-0.25, -0.2) is 9.59 Å². The predicted octanol–water partition coefficient (Wildman–Crippen LogP) is 5.36. The second kappa shape index (κ2) is 8.52. The number of carbonyl (C=O) groups excluding carboxylic acids is 1. The number of rotatable bonds is 7. The van der Waals surface area contributed by atoms with Gasteiger partial charge in [-0.1, -0.05) is 59.1 Å². The van der Waals surface area contributed by atoms with E-state index in [-0.39, 0.29) is 22.6 Å². The van der Waals surface area contributed by atoms with Gasteiger partial charge in [-0.2, -0.15) is 0 Å². The molecule has 0 saturated carbocycles. The molecule has 0 aromatic heterocycles. The first kappa shape index (κ1) is 20.5. The van der Waals surface area contributed by atoms with E-state index < -0.39 is 11.9 Å². The van der Waals surface area contributed by atoms with Crippen LogP contribution in [-0.4, -0.2) is 23.1 Å². The van der Waals surface area contributed by atoms with Gasteiger partial charge in [-0.05, 0) is 36.0 Å². The number of halogens is 1. The molecule has 5 heteroatoms. The number of carboxylic acid groups (broad SMARTS) is 1. The highest BCUT2D eigenvalue weighted by molar-refractivity contribution is 6.32. The van der Waals surface area contributed by atoms with Gasteiger partial charge in [0.1, 0.15) is 6.10 Å². The fraction of sp³-hybridized carbons (Fsp3) is 0.579. The molecule has 1 rings (SSSR count). The molecule has 134 valence electrons. The van der Waals surface area contributed by atoms with Gasteiger partial charge in [0.25, 0.3) is 0 Å². The number of aryl methyl sites for hydroxylation is 1. The van der Waals surface area contributed by atoms with Gasteiger partial charge < -0.3 is 9.84 Å². The second-order valence-electron chi connectivity index (χ2n) is 7.05. The molecule has 0 bridgehead atoms. The highest BCUT2D eigenvalue weighted by Gasteiger charge is 2.30. The van der Waals surface area contributed by atoms with Crippen molar-refractivity contribution in [3.8, 4) is 0 Å². The minimum Gasteiger partial charge on any atom is -0.478 e. The second-order valence-corrected chi connectivity index (χ2v) is 7.46. The number of benzene rings is 1. The van der Waals surface area contributed by atoms with Crippen molar-refractivity contribution < 1.29 is 19.4 Å². The van der Waals surface area contributed by atoms with E-state index in [2.05, 4.69) is 6.92 Å². The highest BCUT2D eigenvalue weighted by atomic mass is 35.5. The van der Waals surface area contributed by atoms with Gasteiger partial charge in [0, 0.05) is 5.02 Å². The van der Waals surface area contributed by atoms with E-state index in [0.29, 0.717) is 11.4 Å². The summed E-state index contributed by atoms with van der Waals surface area (Å²) >= 11 is 6.08. The standard InChI is InChI=1S/C19H27ClO4/c1-6-8-9-16(19(3,4)5)24-18(23)14-10-12(7-2)15(20)11-13(14)17(21)22/h10-11,16H,6-9H2,1-5H3,(H,21,22). The minimum atomic E-state index is -1.19. The average Bonchev–Trinajstić information content (AvgIpc) is 2.49. The van der Waals surface area contributed by atoms with Crippen molar-refractivity contribution in [3.63, 3.8) is 0 Å². The number of aromatic carboxylic acids is 1. The molecule has 1 aromatic carbocycles. The van der Waals surface area contributed by atoms with Crippen molar-refractivity contribution in [1.82, 2.24) is 0 Å². The first-order valence-corrected chi connectivity index (χ1v) is 8.76. The third-order valence-corrected chi connectivity index (χ3v) is 4.40. The molecule has 0 aliphatic rings. The largest absolute Gasteiger partial charge is 0.478 e. The fourth-order valence-electron chi connectivity index (χ4n) is 2.49. The summed E-state index contributed by atoms with van der Waals surface area (Å²) in [5.74, 6) is -1.79. The van der Waals surface area contributed by atoms with Crippen molar-refractivity contribution in [2.24, 2.45) is 5.41 Å². The normalized spacial score (nSPS) is 12.8. The first-order valence-electron chi connectivity index (χ1n) is 8.38. The van der Waals surface area contributed by atoms with E-state index in [9.17, 15) is 14.7 Å². The molecular formula is C19H27ClO4. The Morgan fingerprint density at radius 3 is 2.29 bits per heavy atom. The molecule has 1 atom stereocenters. The van der Waals surface area contributed by atoms with Crippen LogP contribution in [0.3, 0.4) is 0 Å². The number of ether oxygens (including phenoxy) is 1. The lowest BCUT2D eigenvalue weighted by Gasteiger charge is -2.30. The summed E-state index contributed by atoms with van der Waals surface area (Å²) in [4.78, 5) is 24.1. The third kappa shape index (κ3) is 5.23. The Morgan fingerprint density at radius 2 is 1.83 bits per heavy atom. The zero-order valence-corrected chi connectivity index (χ0v) is 15.9. The third-order valence-electron chi connectivity index (χ3n) is 4.05. The molecule has 0 amide bonds. The monoisotopic (exact) mass is 354 g/mol. The summed E-state index contributed by atoms with van der Waals surface area (Å²) in [6, 6.07) is 2.87. The molecule has 1 N–H and O–H groups in total. The van der Waals surface area contributed by atoms with Gasteiger partial charge in [0.2, 0.25) is 0 Å². The van der Waals surface area contributed by atoms with Crippen LogP contribution < -0.4 is 0 Å². The van der Waals surface area contributed by atoms with Crippen LogP contribution in [-0.2, 0) is 11.2 Å². The zero-order chi connectivity index (χ0) is 18.5. The van der Waals surface area contributed by atoms with E-state index in [0.717, 1.165) is 24.8 Å². The van der Waals surface area contributed by atoms with Crippen molar-refractivity contribution in [2.45, 2.75) is 66.4 Å². The van der Waals surface area contributed by atoms with Gasteiger partial charge in [0.15, 0.2) is 0 Å². The summed E-state index contributed by atoms with van der Waals surface area (Å²) < 4.78 is 5.69. The Kier molecular flexibility index (Phi) is 7.27. The lowest BCUT2D eigenvalue weighted by atomic mass is 9.86. The molecule has 4 nitrogen and oxygen atoms in total. The van der Waals surface area contributed by atoms with Crippen LogP contribution in [0.2, 0.25) is 5.02 Å². The number of carboxylic acids is 1. The predicted molar refractivity (Wildman–Crippen MR) is 96.0 cm³/mol. The smallest absolute Gasteiger partial charge is 0.339 e. The maximum absolute atomic E-state index is 12.6. The molecule has 1 aromatic rings. The molecular weight excluding hydrogens is 328 g/mol. The van der Waals surface area contributed by atoms with E-state index in [1.54, 1.807) is 0 Å². The van der Waals surface area contributed by atoms with Crippen LogP contribution in [0, 0.1) is 5.41 Å². The van der Waals surface area contributed by atoms with E-state index in [4.69, 9.17) is 16.3 Å². The molecule has 0 aliphatic carbocycles. The fourth-order valence-corrected chi connectivity index (χ4v) is 2.78. The zero-order valence-electron chi connectivity index (χ0n) is 15.1.